The lowest BCUT2D eigenvalue weighted by Crippen LogP contribution is -2.16. The first-order valence-corrected chi connectivity index (χ1v) is 5.61. The summed E-state index contributed by atoms with van der Waals surface area (Å²) in [5.74, 6) is -0.934. The molecule has 0 spiro atoms. The average Bonchev–Trinajstić information content (AvgIpc) is 2.15. The summed E-state index contributed by atoms with van der Waals surface area (Å²) in [5, 5.41) is 4.63. The van der Waals surface area contributed by atoms with Gasteiger partial charge in [0.05, 0.1) is 5.52 Å². The van der Waals surface area contributed by atoms with E-state index in [0.29, 0.717) is 10.9 Å². The van der Waals surface area contributed by atoms with Crippen LogP contribution in [0.25, 0.3) is 10.9 Å². The van der Waals surface area contributed by atoms with Gasteiger partial charge in [-0.1, -0.05) is 18.2 Å². The third-order valence-electron chi connectivity index (χ3n) is 1.91. The van der Waals surface area contributed by atoms with Crippen LogP contribution in [0.2, 0.25) is 0 Å². The monoisotopic (exact) mass is 226 g/mol. The van der Waals surface area contributed by atoms with Crippen LogP contribution in [0.1, 0.15) is 0 Å². The molecule has 0 amide bonds. The van der Waals surface area contributed by atoms with Crippen LogP contribution in [0.4, 0.5) is 4.39 Å². The average molecular weight is 226 g/mol. The van der Waals surface area contributed by atoms with Crippen molar-refractivity contribution >= 4 is 20.9 Å². The Kier molecular flexibility index (Phi) is 2.17. The van der Waals surface area contributed by atoms with Crippen LogP contribution in [0, 0.1) is 5.82 Å². The minimum atomic E-state index is -4.11. The summed E-state index contributed by atoms with van der Waals surface area (Å²) in [5.41, 5.74) is 0.392. The van der Waals surface area contributed by atoms with Gasteiger partial charge in [-0.05, 0) is 12.1 Å². The highest BCUT2D eigenvalue weighted by atomic mass is 32.2. The van der Waals surface area contributed by atoms with Crippen molar-refractivity contribution < 1.29 is 12.8 Å². The highest BCUT2D eigenvalue weighted by molar-refractivity contribution is 7.89. The van der Waals surface area contributed by atoms with E-state index < -0.39 is 20.9 Å². The smallest absolute Gasteiger partial charge is 0.232 e. The van der Waals surface area contributed by atoms with Gasteiger partial charge < -0.3 is 0 Å². The normalized spacial score (nSPS) is 11.9. The van der Waals surface area contributed by atoms with E-state index in [0.717, 1.165) is 6.07 Å². The van der Waals surface area contributed by atoms with Gasteiger partial charge in [0.1, 0.15) is 0 Å². The molecule has 1 heterocycles. The second-order valence-corrected chi connectivity index (χ2v) is 4.49. The van der Waals surface area contributed by atoms with Crippen molar-refractivity contribution in [3.05, 3.63) is 36.1 Å². The molecule has 0 atom stereocenters. The maximum atomic E-state index is 13.3. The molecule has 0 bridgehead atoms. The number of fused-ring (bicyclic) bond motifs is 1. The Morgan fingerprint density at radius 1 is 1.27 bits per heavy atom. The van der Waals surface area contributed by atoms with Gasteiger partial charge in [-0.3, -0.25) is 0 Å². The number of hydrogen-bond acceptors (Lipinski definition) is 3. The van der Waals surface area contributed by atoms with Gasteiger partial charge in [0.15, 0.2) is 5.82 Å². The first-order valence-electron chi connectivity index (χ1n) is 4.06. The quantitative estimate of drug-likeness (QED) is 0.789. The third-order valence-corrected chi connectivity index (χ3v) is 2.74. The molecule has 78 valence electrons. The highest BCUT2D eigenvalue weighted by Gasteiger charge is 2.16. The van der Waals surface area contributed by atoms with E-state index in [1.54, 1.807) is 24.3 Å². The molecule has 6 heteroatoms. The number of pyridine rings is 1. The molecule has 0 aliphatic rings. The molecule has 2 rings (SSSR count). The molecule has 4 nitrogen and oxygen atoms in total. The number of rotatable bonds is 1. The zero-order valence-corrected chi connectivity index (χ0v) is 8.33. The lowest BCUT2D eigenvalue weighted by atomic mass is 10.2. The molecule has 0 fully saturated rings. The number of aromatic nitrogens is 1. The van der Waals surface area contributed by atoms with Crippen molar-refractivity contribution in [3.8, 4) is 0 Å². The lowest BCUT2D eigenvalue weighted by molar-refractivity contribution is 0.557. The number of para-hydroxylation sites is 1. The van der Waals surface area contributed by atoms with Crippen LogP contribution in [0.3, 0.4) is 0 Å². The van der Waals surface area contributed by atoms with Gasteiger partial charge in [-0.25, -0.2) is 22.9 Å². The standard InChI is InChI=1S/C9H7FN2O2S/c10-7-5-6-3-1-2-4-8(6)12-9(7)15(11,13)14/h1-5H,(H2,11,13,14). The van der Waals surface area contributed by atoms with Gasteiger partial charge in [0.25, 0.3) is 10.0 Å². The number of primary sulfonamides is 1. The fourth-order valence-corrected chi connectivity index (χ4v) is 1.83. The number of hydrogen-bond donors (Lipinski definition) is 1. The van der Waals surface area contributed by atoms with E-state index in [1.165, 1.54) is 0 Å². The van der Waals surface area contributed by atoms with Crippen molar-refractivity contribution in [2.75, 3.05) is 0 Å². The molecule has 2 N–H and O–H groups in total. The molecule has 0 aliphatic carbocycles. The molecule has 0 aliphatic heterocycles. The molecule has 15 heavy (non-hydrogen) atoms. The second kappa shape index (κ2) is 3.25. The van der Waals surface area contributed by atoms with Crippen molar-refractivity contribution in [2.24, 2.45) is 5.14 Å². The van der Waals surface area contributed by atoms with E-state index in [4.69, 9.17) is 5.14 Å². The third kappa shape index (κ3) is 1.81. The summed E-state index contributed by atoms with van der Waals surface area (Å²) < 4.78 is 35.2. The fourth-order valence-electron chi connectivity index (χ4n) is 1.27. The molecule has 0 saturated heterocycles. The zero-order valence-electron chi connectivity index (χ0n) is 7.51. The summed E-state index contributed by atoms with van der Waals surface area (Å²) >= 11 is 0. The van der Waals surface area contributed by atoms with Crippen molar-refractivity contribution in [1.82, 2.24) is 4.98 Å². The number of nitrogens with zero attached hydrogens (tertiary/aromatic N) is 1. The molecule has 0 radical (unpaired) electrons. The zero-order chi connectivity index (χ0) is 11.1. The van der Waals surface area contributed by atoms with Crippen LogP contribution in [0.5, 0.6) is 0 Å². The van der Waals surface area contributed by atoms with Crippen LogP contribution < -0.4 is 5.14 Å². The number of nitrogens with two attached hydrogens (primary N) is 1. The SMILES string of the molecule is NS(=O)(=O)c1nc2ccccc2cc1F. The minimum absolute atomic E-state index is 0.392. The molecule has 2 aromatic rings. The molecule has 0 saturated carbocycles. The van der Waals surface area contributed by atoms with Crippen LogP contribution in [0.15, 0.2) is 35.4 Å². The molecule has 0 unspecified atom stereocenters. The van der Waals surface area contributed by atoms with Gasteiger partial charge in [0.2, 0.25) is 5.03 Å². The molecular weight excluding hydrogens is 219 g/mol. The summed E-state index contributed by atoms with van der Waals surface area (Å²) in [7, 11) is -4.11. The number of sulfonamides is 1. The first kappa shape index (κ1) is 10.0. The van der Waals surface area contributed by atoms with E-state index in [2.05, 4.69) is 4.98 Å². The Morgan fingerprint density at radius 2 is 1.93 bits per heavy atom. The predicted molar refractivity (Wildman–Crippen MR) is 53.1 cm³/mol. The highest BCUT2D eigenvalue weighted by Crippen LogP contribution is 2.17. The Balaban J connectivity index is 2.84. The van der Waals surface area contributed by atoms with E-state index >= 15 is 0 Å². The molecule has 1 aromatic carbocycles. The molecular formula is C9H7FN2O2S. The van der Waals surface area contributed by atoms with Gasteiger partial charge >= 0.3 is 0 Å². The topological polar surface area (TPSA) is 73.1 Å². The predicted octanol–water partition coefficient (Wildman–Crippen LogP) is 1.02. The summed E-state index contributed by atoms with van der Waals surface area (Å²) in [6.45, 7) is 0. The van der Waals surface area contributed by atoms with Gasteiger partial charge in [-0.2, -0.15) is 0 Å². The van der Waals surface area contributed by atoms with Crippen LogP contribution in [-0.2, 0) is 10.0 Å². The maximum absolute atomic E-state index is 13.3. The van der Waals surface area contributed by atoms with Crippen molar-refractivity contribution in [2.45, 2.75) is 5.03 Å². The first-order chi connectivity index (χ1) is 6.98. The Morgan fingerprint density at radius 3 is 2.60 bits per heavy atom. The van der Waals surface area contributed by atoms with Gasteiger partial charge in [0, 0.05) is 5.39 Å². The lowest BCUT2D eigenvalue weighted by Gasteiger charge is -2.01. The number of benzene rings is 1. The van der Waals surface area contributed by atoms with E-state index in [1.807, 2.05) is 0 Å². The second-order valence-electron chi connectivity index (χ2n) is 3.01. The van der Waals surface area contributed by atoms with Crippen LogP contribution >= 0.6 is 0 Å². The van der Waals surface area contributed by atoms with E-state index in [9.17, 15) is 12.8 Å². The van der Waals surface area contributed by atoms with Crippen molar-refractivity contribution in [3.63, 3.8) is 0 Å². The van der Waals surface area contributed by atoms with E-state index in [-0.39, 0.29) is 0 Å². The minimum Gasteiger partial charge on any atom is -0.232 e. The largest absolute Gasteiger partial charge is 0.258 e. The summed E-state index contributed by atoms with van der Waals surface area (Å²) in [4.78, 5) is 3.66. The number of halogens is 1. The van der Waals surface area contributed by atoms with Crippen LogP contribution in [-0.4, -0.2) is 13.4 Å². The molecule has 1 aromatic heterocycles. The summed E-state index contributed by atoms with van der Waals surface area (Å²) in [6.07, 6.45) is 0. The Bertz CT molecular complexity index is 625. The maximum Gasteiger partial charge on any atom is 0.258 e. The van der Waals surface area contributed by atoms with Crippen molar-refractivity contribution in [1.29, 1.82) is 0 Å². The Labute approximate surface area is 85.6 Å². The fraction of sp³-hybridized carbons (Fsp3) is 0. The summed E-state index contributed by atoms with van der Waals surface area (Å²) in [6, 6.07) is 7.71. The van der Waals surface area contributed by atoms with Gasteiger partial charge in [-0.15, -0.1) is 0 Å². The Hall–Kier alpha value is -1.53.